The van der Waals surface area contributed by atoms with Crippen LogP contribution in [0.15, 0.2) is 42.5 Å². The number of carbonyl (C=O) groups excluding carboxylic acids is 1. The number of fused-ring (bicyclic) bond motifs is 1. The third-order valence-corrected chi connectivity index (χ3v) is 6.36. The van der Waals surface area contributed by atoms with Crippen LogP contribution in [0, 0.1) is 0 Å². The molecule has 6 nitrogen and oxygen atoms in total. The van der Waals surface area contributed by atoms with Gasteiger partial charge in [-0.1, -0.05) is 13.8 Å². The molecule has 1 saturated heterocycles. The van der Waals surface area contributed by atoms with Crippen LogP contribution in [-0.2, 0) is 10.2 Å². The van der Waals surface area contributed by atoms with E-state index in [0.29, 0.717) is 12.2 Å². The molecule has 2 aliphatic rings. The van der Waals surface area contributed by atoms with E-state index in [9.17, 15) is 4.79 Å². The van der Waals surface area contributed by atoms with E-state index in [1.807, 2.05) is 36.4 Å². The summed E-state index contributed by atoms with van der Waals surface area (Å²) in [4.78, 5) is 17.5. The number of hydrogen-bond donors (Lipinski definition) is 1. The summed E-state index contributed by atoms with van der Waals surface area (Å²) < 4.78 is 11.2. The van der Waals surface area contributed by atoms with Crippen molar-refractivity contribution < 1.29 is 14.3 Å². The second-order valence-corrected chi connectivity index (χ2v) is 9.07. The van der Waals surface area contributed by atoms with Gasteiger partial charge in [-0.05, 0) is 59.9 Å². The number of rotatable bonds is 6. The quantitative estimate of drug-likeness (QED) is 0.767. The van der Waals surface area contributed by atoms with Gasteiger partial charge in [-0.2, -0.15) is 0 Å². The number of hydrogen-bond acceptors (Lipinski definition) is 5. The molecule has 2 aromatic carbocycles. The zero-order valence-corrected chi connectivity index (χ0v) is 18.8. The molecule has 1 N–H and O–H groups in total. The van der Waals surface area contributed by atoms with E-state index in [4.69, 9.17) is 9.47 Å². The predicted octanol–water partition coefficient (Wildman–Crippen LogP) is 3.77. The zero-order valence-electron chi connectivity index (χ0n) is 18.8. The topological polar surface area (TPSA) is 54.0 Å². The Labute approximate surface area is 185 Å². The molecule has 166 valence electrons. The second kappa shape index (κ2) is 9.28. The van der Waals surface area contributed by atoms with Crippen LogP contribution in [-0.4, -0.2) is 63.9 Å². The van der Waals surface area contributed by atoms with Gasteiger partial charge in [-0.15, -0.1) is 0 Å². The normalized spacial score (nSPS) is 18.4. The Bertz CT molecular complexity index is 905. The first-order valence-electron chi connectivity index (χ1n) is 11.1. The van der Waals surface area contributed by atoms with E-state index < -0.39 is 0 Å². The highest BCUT2D eigenvalue weighted by Crippen LogP contribution is 2.39. The third-order valence-electron chi connectivity index (χ3n) is 6.36. The Hall–Kier alpha value is -2.57. The fraction of sp³-hybridized carbons (Fsp3) is 0.480. The van der Waals surface area contributed by atoms with Crippen LogP contribution in [0.1, 0.15) is 36.2 Å². The molecule has 0 bridgehead atoms. The van der Waals surface area contributed by atoms with Crippen molar-refractivity contribution in [2.24, 2.45) is 0 Å². The van der Waals surface area contributed by atoms with Gasteiger partial charge in [0.1, 0.15) is 12.4 Å². The molecule has 4 rings (SSSR count). The van der Waals surface area contributed by atoms with Crippen LogP contribution in [0.4, 0.5) is 11.4 Å². The fourth-order valence-corrected chi connectivity index (χ4v) is 4.21. The summed E-state index contributed by atoms with van der Waals surface area (Å²) in [7, 11) is 2.11. The highest BCUT2D eigenvalue weighted by atomic mass is 16.5. The van der Waals surface area contributed by atoms with Crippen LogP contribution in [0.2, 0.25) is 0 Å². The first-order valence-corrected chi connectivity index (χ1v) is 11.1. The minimum atomic E-state index is -0.0900. The SMILES string of the molecule is CN1CCC(C)(C)c2cc(C(=O)Nc3ccc(OCCN4CCOCC4)cc3)ccc21. The van der Waals surface area contributed by atoms with Crippen LogP contribution in [0.25, 0.3) is 0 Å². The second-order valence-electron chi connectivity index (χ2n) is 9.07. The van der Waals surface area contributed by atoms with Crippen molar-refractivity contribution in [2.75, 3.05) is 63.3 Å². The molecule has 2 aromatic rings. The Morgan fingerprint density at radius 3 is 2.58 bits per heavy atom. The van der Waals surface area contributed by atoms with E-state index in [-0.39, 0.29) is 11.3 Å². The Morgan fingerprint density at radius 1 is 1.10 bits per heavy atom. The van der Waals surface area contributed by atoms with Gasteiger partial charge >= 0.3 is 0 Å². The van der Waals surface area contributed by atoms with Gasteiger partial charge < -0.3 is 19.7 Å². The van der Waals surface area contributed by atoms with E-state index in [1.54, 1.807) is 0 Å². The van der Waals surface area contributed by atoms with Crippen molar-refractivity contribution in [1.29, 1.82) is 0 Å². The monoisotopic (exact) mass is 423 g/mol. The Balaban J connectivity index is 1.34. The highest BCUT2D eigenvalue weighted by molar-refractivity contribution is 6.04. The molecule has 0 radical (unpaired) electrons. The van der Waals surface area contributed by atoms with Gasteiger partial charge in [-0.3, -0.25) is 9.69 Å². The van der Waals surface area contributed by atoms with Gasteiger partial charge in [0.2, 0.25) is 0 Å². The number of benzene rings is 2. The highest BCUT2D eigenvalue weighted by Gasteiger charge is 2.30. The van der Waals surface area contributed by atoms with E-state index in [0.717, 1.165) is 57.3 Å². The number of ether oxygens (including phenoxy) is 2. The van der Waals surface area contributed by atoms with Crippen LogP contribution in [0.3, 0.4) is 0 Å². The van der Waals surface area contributed by atoms with Crippen LogP contribution >= 0.6 is 0 Å². The summed E-state index contributed by atoms with van der Waals surface area (Å²) in [5.41, 5.74) is 3.97. The maximum atomic E-state index is 12.9. The maximum Gasteiger partial charge on any atom is 0.255 e. The minimum absolute atomic E-state index is 0.0678. The summed E-state index contributed by atoms with van der Waals surface area (Å²) >= 11 is 0. The zero-order chi connectivity index (χ0) is 21.8. The first-order chi connectivity index (χ1) is 14.9. The molecular formula is C25H33N3O3. The number of carbonyl (C=O) groups is 1. The van der Waals surface area contributed by atoms with Gasteiger partial charge in [-0.25, -0.2) is 0 Å². The number of anilines is 2. The molecule has 0 atom stereocenters. The van der Waals surface area contributed by atoms with Crippen molar-refractivity contribution >= 4 is 17.3 Å². The number of morpholine rings is 1. The molecule has 2 heterocycles. The van der Waals surface area contributed by atoms with E-state index >= 15 is 0 Å². The number of amides is 1. The Kier molecular flexibility index (Phi) is 6.49. The van der Waals surface area contributed by atoms with Gasteiger partial charge in [0.15, 0.2) is 0 Å². The molecule has 1 fully saturated rings. The maximum absolute atomic E-state index is 12.9. The lowest BCUT2D eigenvalue weighted by atomic mass is 9.77. The molecule has 2 aliphatic heterocycles. The fourth-order valence-electron chi connectivity index (χ4n) is 4.21. The number of nitrogens with one attached hydrogen (secondary N) is 1. The summed E-state index contributed by atoms with van der Waals surface area (Å²) in [5, 5.41) is 3.01. The summed E-state index contributed by atoms with van der Waals surface area (Å²) in [6.45, 7) is 10.6. The van der Waals surface area contributed by atoms with Gasteiger partial charge in [0.05, 0.1) is 13.2 Å². The predicted molar refractivity (Wildman–Crippen MR) is 125 cm³/mol. The largest absolute Gasteiger partial charge is 0.492 e. The lowest BCUT2D eigenvalue weighted by Crippen LogP contribution is -2.38. The molecular weight excluding hydrogens is 390 g/mol. The molecule has 0 aromatic heterocycles. The van der Waals surface area contributed by atoms with Crippen molar-refractivity contribution in [3.63, 3.8) is 0 Å². The average Bonchev–Trinajstić information content (AvgIpc) is 2.78. The summed E-state index contributed by atoms with van der Waals surface area (Å²) in [5.74, 6) is 0.720. The average molecular weight is 424 g/mol. The summed E-state index contributed by atoms with van der Waals surface area (Å²) in [6, 6.07) is 13.6. The molecule has 0 unspecified atom stereocenters. The van der Waals surface area contributed by atoms with Gasteiger partial charge in [0.25, 0.3) is 5.91 Å². The van der Waals surface area contributed by atoms with Crippen molar-refractivity contribution in [3.8, 4) is 5.75 Å². The molecule has 31 heavy (non-hydrogen) atoms. The third kappa shape index (κ3) is 5.20. The molecule has 6 heteroatoms. The smallest absolute Gasteiger partial charge is 0.255 e. The molecule has 1 amide bonds. The van der Waals surface area contributed by atoms with Crippen LogP contribution < -0.4 is 15.0 Å². The van der Waals surface area contributed by atoms with Crippen molar-refractivity contribution in [2.45, 2.75) is 25.7 Å². The summed E-state index contributed by atoms with van der Waals surface area (Å²) in [6.07, 6.45) is 1.08. The molecule has 0 spiro atoms. The lowest BCUT2D eigenvalue weighted by molar-refractivity contribution is 0.0322. The molecule has 0 saturated carbocycles. The minimum Gasteiger partial charge on any atom is -0.492 e. The number of nitrogens with zero attached hydrogens (tertiary/aromatic N) is 2. The molecule has 0 aliphatic carbocycles. The van der Waals surface area contributed by atoms with E-state index in [1.165, 1.54) is 11.3 Å². The van der Waals surface area contributed by atoms with Crippen molar-refractivity contribution in [3.05, 3.63) is 53.6 Å². The van der Waals surface area contributed by atoms with E-state index in [2.05, 4.69) is 42.1 Å². The first kappa shape index (κ1) is 21.7. The van der Waals surface area contributed by atoms with Crippen molar-refractivity contribution in [1.82, 2.24) is 4.90 Å². The van der Waals surface area contributed by atoms with Crippen LogP contribution in [0.5, 0.6) is 5.75 Å². The van der Waals surface area contributed by atoms with Gasteiger partial charge in [0, 0.05) is 50.2 Å². The standard InChI is InChI=1S/C25H33N3O3/c1-25(2)10-11-27(3)23-9-4-19(18-22(23)25)24(29)26-20-5-7-21(8-6-20)31-17-14-28-12-15-30-16-13-28/h4-9,18H,10-17H2,1-3H3,(H,26,29). The lowest BCUT2D eigenvalue weighted by Gasteiger charge is -2.38. The Morgan fingerprint density at radius 2 is 1.84 bits per heavy atom.